The molecule has 260 valence electrons. The van der Waals surface area contributed by atoms with Crippen molar-refractivity contribution in [2.45, 2.75) is 101 Å². The molecule has 4 aromatic rings. The Kier molecular flexibility index (Phi) is 16.3. The molecular formula is C38H46Cl2N8Ru. The predicted octanol–water partition coefficient (Wildman–Crippen LogP) is 5.45. The van der Waals surface area contributed by atoms with E-state index in [-0.39, 0.29) is 44.3 Å². The first kappa shape index (κ1) is 39.7. The molecule has 5 aliphatic heterocycles. The second-order valence-electron chi connectivity index (χ2n) is 13.1. The van der Waals surface area contributed by atoms with E-state index < -0.39 is 0 Å². The van der Waals surface area contributed by atoms with E-state index in [1.54, 1.807) is 12.4 Å². The van der Waals surface area contributed by atoms with Crippen LogP contribution < -0.4 is 24.8 Å². The number of aromatic nitrogens is 2. The molecule has 4 saturated heterocycles. The summed E-state index contributed by atoms with van der Waals surface area (Å²) in [5, 5.41) is 30.3. The minimum atomic E-state index is 0. The van der Waals surface area contributed by atoms with Crippen LogP contribution in [-0.2, 0) is 19.5 Å². The maximum Gasteiger partial charge on any atom is 8.00 e. The summed E-state index contributed by atoms with van der Waals surface area (Å²) in [6, 6.07) is 18.2. The SMILES string of the molecule is C1CCC(C2CCCC[N-]2)[N-]C1.C1CCC(C2CCCC[N-]2)[N-]C1.[Cl-].[Cl-].[Ru+8].c1ccc2c(c1)[N-]c1c(c3cccnc3c3ncccc13)[N-]2. The minimum absolute atomic E-state index is 0. The standard InChI is InChI=1S/C18H10N4.2C10H18N2.2ClH.Ru/c1-2-8-14-13(7-1)21-17-11-5-3-9-19-15(11)16-12(18(17)22-14)6-4-10-20-16;2*1-3-7-11-9(5-1)10-6-2-4-8-12-10;;;/h1-10H;2*9-10H,1-8H2;2*1H;/q3*-2;;;+8/p-2. The third kappa shape index (κ3) is 9.82. The largest absolute Gasteiger partial charge is 8.00 e. The molecule has 0 radical (unpaired) electrons. The van der Waals surface area contributed by atoms with Gasteiger partial charge in [0.15, 0.2) is 0 Å². The molecule has 11 heteroatoms. The van der Waals surface area contributed by atoms with Gasteiger partial charge in [0.2, 0.25) is 0 Å². The number of rotatable bonds is 2. The van der Waals surface area contributed by atoms with E-state index in [1.165, 1.54) is 77.0 Å². The first-order chi connectivity index (χ1) is 22.8. The molecule has 0 N–H and O–H groups in total. The number of piperidine rings is 4. The molecule has 2 aromatic carbocycles. The zero-order chi connectivity index (χ0) is 31.0. The fourth-order valence-electron chi connectivity index (χ4n) is 7.46. The van der Waals surface area contributed by atoms with Crippen molar-refractivity contribution in [2.24, 2.45) is 0 Å². The molecule has 4 fully saturated rings. The van der Waals surface area contributed by atoms with Crippen LogP contribution in [0.1, 0.15) is 77.0 Å². The van der Waals surface area contributed by atoms with Crippen molar-refractivity contribution in [3.8, 4) is 0 Å². The third-order valence-electron chi connectivity index (χ3n) is 9.90. The summed E-state index contributed by atoms with van der Waals surface area (Å²) < 4.78 is 0. The number of benzene rings is 2. The molecule has 0 bridgehead atoms. The second-order valence-corrected chi connectivity index (χ2v) is 13.1. The summed E-state index contributed by atoms with van der Waals surface area (Å²) in [4.78, 5) is 9.02. The summed E-state index contributed by atoms with van der Waals surface area (Å²) in [5.74, 6) is 0. The van der Waals surface area contributed by atoms with Crippen LogP contribution in [0.25, 0.3) is 53.7 Å². The van der Waals surface area contributed by atoms with Gasteiger partial charge in [0, 0.05) is 12.4 Å². The molecule has 5 aliphatic rings. The van der Waals surface area contributed by atoms with E-state index in [0.717, 1.165) is 70.7 Å². The topological polar surface area (TPSA) is 110 Å². The zero-order valence-electron chi connectivity index (χ0n) is 28.1. The summed E-state index contributed by atoms with van der Waals surface area (Å²) in [6.45, 7) is 4.38. The van der Waals surface area contributed by atoms with E-state index in [0.29, 0.717) is 24.2 Å². The maximum absolute atomic E-state index is 4.83. The van der Waals surface area contributed by atoms with E-state index in [1.807, 2.05) is 48.5 Å². The van der Waals surface area contributed by atoms with E-state index in [9.17, 15) is 0 Å². The zero-order valence-corrected chi connectivity index (χ0v) is 31.3. The Bertz CT molecular complexity index is 1420. The second kappa shape index (κ2) is 20.1. The third-order valence-corrected chi connectivity index (χ3v) is 9.90. The molecule has 9 rings (SSSR count). The predicted molar refractivity (Wildman–Crippen MR) is 192 cm³/mol. The van der Waals surface area contributed by atoms with Gasteiger partial charge in [-0.1, -0.05) is 113 Å². The Morgan fingerprint density at radius 3 is 1.10 bits per heavy atom. The molecular weight excluding hydrogens is 740 g/mol. The van der Waals surface area contributed by atoms with Gasteiger partial charge in [-0.15, -0.1) is 37.6 Å². The molecule has 49 heavy (non-hydrogen) atoms. The molecule has 4 unspecified atom stereocenters. The normalized spacial score (nSPS) is 24.2. The van der Waals surface area contributed by atoms with Crippen LogP contribution >= 0.6 is 0 Å². The van der Waals surface area contributed by atoms with Gasteiger partial charge < -0.3 is 56.7 Å². The maximum atomic E-state index is 4.83. The molecule has 4 atom stereocenters. The smallest absolute Gasteiger partial charge is 1.00 e. The monoisotopic (exact) mass is 786 g/mol. The van der Waals surface area contributed by atoms with Crippen LogP contribution in [0.4, 0.5) is 22.7 Å². The Morgan fingerprint density at radius 1 is 0.449 bits per heavy atom. The number of para-hydroxylation sites is 2. The van der Waals surface area contributed by atoms with Crippen molar-refractivity contribution in [1.82, 2.24) is 9.97 Å². The van der Waals surface area contributed by atoms with Crippen LogP contribution in [0.15, 0.2) is 60.9 Å². The average molecular weight is 787 g/mol. The number of nitrogens with zero attached hydrogens (tertiary/aromatic N) is 8. The number of hydrogen-bond donors (Lipinski definition) is 0. The van der Waals surface area contributed by atoms with Crippen molar-refractivity contribution in [3.63, 3.8) is 0 Å². The summed E-state index contributed by atoms with van der Waals surface area (Å²) in [6.07, 6.45) is 19.5. The van der Waals surface area contributed by atoms with E-state index in [2.05, 4.69) is 31.2 Å². The molecule has 0 spiro atoms. The van der Waals surface area contributed by atoms with Gasteiger partial charge in [0.1, 0.15) is 0 Å². The Hall–Kier alpha value is -2.10. The quantitative estimate of drug-likeness (QED) is 0.175. The Morgan fingerprint density at radius 2 is 0.796 bits per heavy atom. The van der Waals surface area contributed by atoms with Gasteiger partial charge in [-0.2, -0.15) is 35.5 Å². The van der Waals surface area contributed by atoms with E-state index in [4.69, 9.17) is 10.6 Å². The van der Waals surface area contributed by atoms with Crippen molar-refractivity contribution in [3.05, 3.63) is 92.8 Å². The van der Waals surface area contributed by atoms with Crippen LogP contribution in [0.3, 0.4) is 0 Å². The first-order valence-corrected chi connectivity index (χ1v) is 17.7. The number of halogens is 2. The van der Waals surface area contributed by atoms with Crippen LogP contribution in [0.5, 0.6) is 0 Å². The van der Waals surface area contributed by atoms with Gasteiger partial charge in [-0.3, -0.25) is 9.97 Å². The van der Waals surface area contributed by atoms with Crippen LogP contribution in [0.2, 0.25) is 0 Å². The fourth-order valence-corrected chi connectivity index (χ4v) is 7.46. The Balaban J connectivity index is 0.000000173. The van der Waals surface area contributed by atoms with Crippen molar-refractivity contribution in [2.75, 3.05) is 26.2 Å². The molecule has 8 nitrogen and oxygen atoms in total. The van der Waals surface area contributed by atoms with E-state index >= 15 is 0 Å². The number of pyridine rings is 2. The van der Waals surface area contributed by atoms with Gasteiger partial charge in [-0.25, -0.2) is 0 Å². The van der Waals surface area contributed by atoms with Crippen molar-refractivity contribution < 1.29 is 44.3 Å². The van der Waals surface area contributed by atoms with Gasteiger partial charge >= 0.3 is 19.5 Å². The number of hydrogen-bond acceptors (Lipinski definition) is 2. The molecule has 2 aromatic heterocycles. The summed E-state index contributed by atoms with van der Waals surface area (Å²) in [5.41, 5.74) is 5.28. The van der Waals surface area contributed by atoms with Gasteiger partial charge in [0.05, 0.1) is 11.0 Å². The minimum Gasteiger partial charge on any atom is -1.00 e. The molecule has 0 aliphatic carbocycles. The van der Waals surface area contributed by atoms with Gasteiger partial charge in [-0.05, 0) is 22.9 Å². The summed E-state index contributed by atoms with van der Waals surface area (Å²) >= 11 is 0. The van der Waals surface area contributed by atoms with Crippen molar-refractivity contribution >= 4 is 44.6 Å². The average Bonchev–Trinajstić information content (AvgIpc) is 3.16. The van der Waals surface area contributed by atoms with Crippen molar-refractivity contribution in [1.29, 1.82) is 0 Å². The summed E-state index contributed by atoms with van der Waals surface area (Å²) in [7, 11) is 0. The fraction of sp³-hybridized carbons (Fsp3) is 0.526. The molecule has 0 saturated carbocycles. The first-order valence-electron chi connectivity index (χ1n) is 17.7. The Labute approximate surface area is 317 Å². The van der Waals surface area contributed by atoms with Gasteiger partial charge in [0.25, 0.3) is 0 Å². The molecule has 0 amide bonds. The molecule has 7 heterocycles. The number of fused-ring (bicyclic) bond motifs is 7. The van der Waals surface area contributed by atoms with Crippen LogP contribution in [0, 0.1) is 0 Å². The van der Waals surface area contributed by atoms with Crippen LogP contribution in [-0.4, -0.2) is 60.3 Å².